The van der Waals surface area contributed by atoms with Crippen LogP contribution in [-0.4, -0.2) is 12.7 Å². The molecule has 0 spiro atoms. The topological polar surface area (TPSA) is 47.6 Å². The Labute approximate surface area is 135 Å². The number of carbonyl (C=O) groups is 1. The summed E-state index contributed by atoms with van der Waals surface area (Å²) in [5.41, 5.74) is 1.96. The van der Waals surface area contributed by atoms with Crippen molar-refractivity contribution >= 4 is 33.2 Å². The molecular weight excluding hydrogens is 354 g/mol. The molecule has 2 aromatic rings. The van der Waals surface area contributed by atoms with Gasteiger partial charge in [-0.05, 0) is 23.6 Å². The molecule has 0 atom stereocenters. The fraction of sp³-hybridized carbons (Fsp3) is 0.267. The molecule has 0 unspecified atom stereocenters. The summed E-state index contributed by atoms with van der Waals surface area (Å²) in [5.74, 6) is 0.833. The van der Waals surface area contributed by atoms with E-state index in [2.05, 4.69) is 21.2 Å². The fourth-order valence-electron chi connectivity index (χ4n) is 2.22. The summed E-state index contributed by atoms with van der Waals surface area (Å²) in [5, 5.41) is 4.91. The van der Waals surface area contributed by atoms with Crippen LogP contribution in [-0.2, 0) is 29.1 Å². The highest BCUT2D eigenvalue weighted by molar-refractivity contribution is 9.10. The molecule has 1 amide bonds. The molecule has 1 aromatic carbocycles. The molecule has 0 radical (unpaired) electrons. The van der Waals surface area contributed by atoms with Gasteiger partial charge in [0, 0.05) is 27.0 Å². The predicted octanol–water partition coefficient (Wildman–Crippen LogP) is 3.24. The Hall–Kier alpha value is -1.37. The van der Waals surface area contributed by atoms with Gasteiger partial charge in [0.15, 0.2) is 6.79 Å². The first-order chi connectivity index (χ1) is 10.2. The minimum atomic E-state index is 0.0123. The van der Waals surface area contributed by atoms with Crippen LogP contribution in [0.5, 0.6) is 5.75 Å². The number of halogens is 1. The van der Waals surface area contributed by atoms with E-state index in [1.54, 1.807) is 11.3 Å². The summed E-state index contributed by atoms with van der Waals surface area (Å²) < 4.78 is 11.8. The highest BCUT2D eigenvalue weighted by Crippen LogP contribution is 2.31. The molecule has 1 aromatic heterocycles. The number of hydrogen-bond donors (Lipinski definition) is 1. The Morgan fingerprint density at radius 2 is 2.33 bits per heavy atom. The molecule has 1 N–H and O–H groups in total. The Bertz CT molecular complexity index is 643. The second kappa shape index (κ2) is 6.60. The second-order valence-electron chi connectivity index (χ2n) is 4.70. The van der Waals surface area contributed by atoms with Crippen LogP contribution in [0, 0.1) is 0 Å². The first-order valence-electron chi connectivity index (χ1n) is 6.53. The zero-order chi connectivity index (χ0) is 14.7. The van der Waals surface area contributed by atoms with Crippen LogP contribution in [0.1, 0.15) is 16.0 Å². The largest absolute Gasteiger partial charge is 0.467 e. The normalized spacial score (nSPS) is 13.4. The molecule has 3 rings (SSSR count). The fourth-order valence-corrected chi connectivity index (χ4v) is 3.47. The Kier molecular flexibility index (Phi) is 4.57. The van der Waals surface area contributed by atoms with E-state index in [0.29, 0.717) is 19.6 Å². The first kappa shape index (κ1) is 14.6. The number of nitrogens with one attached hydrogen (secondary N) is 1. The highest BCUT2D eigenvalue weighted by atomic mass is 79.9. The van der Waals surface area contributed by atoms with Gasteiger partial charge in [-0.25, -0.2) is 0 Å². The highest BCUT2D eigenvalue weighted by Gasteiger charge is 2.16. The molecule has 0 bridgehead atoms. The standard InChI is InChI=1S/C15H14BrNO3S/c16-12-4-10(15-11(5-12)8-19-9-20-15)7-17-14(18)6-13-2-1-3-21-13/h1-5H,6-9H2,(H,17,18). The molecular formula is C15H14BrNO3S. The van der Waals surface area contributed by atoms with Gasteiger partial charge in [-0.2, -0.15) is 0 Å². The van der Waals surface area contributed by atoms with Crippen molar-refractivity contribution in [2.24, 2.45) is 0 Å². The zero-order valence-corrected chi connectivity index (χ0v) is 13.6. The average Bonchev–Trinajstić information content (AvgIpc) is 2.97. The van der Waals surface area contributed by atoms with E-state index >= 15 is 0 Å². The van der Waals surface area contributed by atoms with Gasteiger partial charge in [0.25, 0.3) is 0 Å². The van der Waals surface area contributed by atoms with Crippen molar-refractivity contribution in [2.75, 3.05) is 6.79 Å². The maximum absolute atomic E-state index is 12.0. The minimum Gasteiger partial charge on any atom is -0.467 e. The van der Waals surface area contributed by atoms with Crippen molar-refractivity contribution in [1.29, 1.82) is 0 Å². The molecule has 1 aliphatic rings. The monoisotopic (exact) mass is 367 g/mol. The predicted molar refractivity (Wildman–Crippen MR) is 84.3 cm³/mol. The Morgan fingerprint density at radius 1 is 1.43 bits per heavy atom. The molecule has 6 heteroatoms. The summed E-state index contributed by atoms with van der Waals surface area (Å²) in [7, 11) is 0. The van der Waals surface area contributed by atoms with Crippen molar-refractivity contribution in [1.82, 2.24) is 5.32 Å². The van der Waals surface area contributed by atoms with Gasteiger partial charge in [0.05, 0.1) is 13.0 Å². The number of fused-ring (bicyclic) bond motifs is 1. The second-order valence-corrected chi connectivity index (χ2v) is 6.64. The number of amides is 1. The quantitative estimate of drug-likeness (QED) is 0.902. The summed E-state index contributed by atoms with van der Waals surface area (Å²) >= 11 is 5.06. The molecule has 21 heavy (non-hydrogen) atoms. The third-order valence-electron chi connectivity index (χ3n) is 3.14. The van der Waals surface area contributed by atoms with E-state index in [0.717, 1.165) is 26.2 Å². The van der Waals surface area contributed by atoms with Crippen LogP contribution in [0.3, 0.4) is 0 Å². The van der Waals surface area contributed by atoms with Gasteiger partial charge < -0.3 is 14.8 Å². The van der Waals surface area contributed by atoms with E-state index in [-0.39, 0.29) is 12.7 Å². The number of rotatable bonds is 4. The average molecular weight is 368 g/mol. The maximum atomic E-state index is 12.0. The maximum Gasteiger partial charge on any atom is 0.225 e. The van der Waals surface area contributed by atoms with Crippen molar-refractivity contribution in [3.8, 4) is 5.75 Å². The SMILES string of the molecule is O=C(Cc1cccs1)NCc1cc(Br)cc2c1OCOC2. The van der Waals surface area contributed by atoms with Gasteiger partial charge in [0.2, 0.25) is 5.91 Å². The van der Waals surface area contributed by atoms with Gasteiger partial charge in [-0.15, -0.1) is 11.3 Å². The molecule has 0 saturated heterocycles. The number of ether oxygens (including phenoxy) is 2. The van der Waals surface area contributed by atoms with E-state index in [4.69, 9.17) is 9.47 Å². The Balaban J connectivity index is 1.67. The molecule has 0 saturated carbocycles. The van der Waals surface area contributed by atoms with Crippen LogP contribution in [0.15, 0.2) is 34.1 Å². The lowest BCUT2D eigenvalue weighted by Gasteiger charge is -2.21. The van der Waals surface area contributed by atoms with E-state index in [1.807, 2.05) is 29.6 Å². The van der Waals surface area contributed by atoms with Crippen molar-refractivity contribution in [3.63, 3.8) is 0 Å². The van der Waals surface area contributed by atoms with Gasteiger partial charge in [0.1, 0.15) is 5.75 Å². The van der Waals surface area contributed by atoms with Crippen LogP contribution in [0.2, 0.25) is 0 Å². The number of carbonyl (C=O) groups excluding carboxylic acids is 1. The summed E-state index contributed by atoms with van der Waals surface area (Å²) in [6, 6.07) is 7.86. The Morgan fingerprint density at radius 3 is 3.14 bits per heavy atom. The number of benzene rings is 1. The van der Waals surface area contributed by atoms with Crippen molar-refractivity contribution in [2.45, 2.75) is 19.6 Å². The van der Waals surface area contributed by atoms with Crippen LogP contribution >= 0.6 is 27.3 Å². The van der Waals surface area contributed by atoms with Gasteiger partial charge in [-0.3, -0.25) is 4.79 Å². The van der Waals surface area contributed by atoms with E-state index in [1.165, 1.54) is 0 Å². The number of hydrogen-bond acceptors (Lipinski definition) is 4. The van der Waals surface area contributed by atoms with Crippen LogP contribution < -0.4 is 10.1 Å². The van der Waals surface area contributed by atoms with Gasteiger partial charge in [-0.1, -0.05) is 22.0 Å². The van der Waals surface area contributed by atoms with E-state index in [9.17, 15) is 4.79 Å². The smallest absolute Gasteiger partial charge is 0.225 e. The summed E-state index contributed by atoms with van der Waals surface area (Å²) in [4.78, 5) is 13.0. The van der Waals surface area contributed by atoms with E-state index < -0.39 is 0 Å². The zero-order valence-electron chi connectivity index (χ0n) is 11.2. The van der Waals surface area contributed by atoms with Crippen LogP contribution in [0.25, 0.3) is 0 Å². The molecule has 110 valence electrons. The molecule has 4 nitrogen and oxygen atoms in total. The molecule has 1 aliphatic heterocycles. The van der Waals surface area contributed by atoms with Crippen molar-refractivity contribution < 1.29 is 14.3 Å². The third kappa shape index (κ3) is 3.64. The lowest BCUT2D eigenvalue weighted by Crippen LogP contribution is -2.25. The molecule has 2 heterocycles. The molecule has 0 aliphatic carbocycles. The first-order valence-corrected chi connectivity index (χ1v) is 8.20. The number of thiophene rings is 1. The molecule has 0 fully saturated rings. The third-order valence-corrected chi connectivity index (χ3v) is 4.48. The van der Waals surface area contributed by atoms with Gasteiger partial charge >= 0.3 is 0 Å². The summed E-state index contributed by atoms with van der Waals surface area (Å²) in [6.45, 7) is 1.24. The lowest BCUT2D eigenvalue weighted by atomic mass is 10.1. The minimum absolute atomic E-state index is 0.0123. The summed E-state index contributed by atoms with van der Waals surface area (Å²) in [6.07, 6.45) is 0.415. The van der Waals surface area contributed by atoms with Crippen LogP contribution in [0.4, 0.5) is 0 Å². The lowest BCUT2D eigenvalue weighted by molar-refractivity contribution is -0.120. The van der Waals surface area contributed by atoms with Crippen molar-refractivity contribution in [3.05, 3.63) is 50.1 Å².